The van der Waals surface area contributed by atoms with E-state index in [4.69, 9.17) is 10.5 Å². The van der Waals surface area contributed by atoms with Crippen LogP contribution in [0.3, 0.4) is 0 Å². The van der Waals surface area contributed by atoms with E-state index in [2.05, 4.69) is 46.4 Å². The molecule has 1 fully saturated rings. The number of morpholine rings is 1. The molecule has 26 heavy (non-hydrogen) atoms. The number of nitrogens with one attached hydrogen (secondary N) is 1. The number of guanidine groups is 1. The zero-order valence-electron chi connectivity index (χ0n) is 15.9. The minimum Gasteiger partial charge on any atom is -0.379 e. The van der Waals surface area contributed by atoms with Gasteiger partial charge in [0.25, 0.3) is 0 Å². The number of ether oxygens (including phenoxy) is 1. The lowest BCUT2D eigenvalue weighted by molar-refractivity contribution is 0.0376. The van der Waals surface area contributed by atoms with Crippen LogP contribution in [0, 0.1) is 0 Å². The SMILES string of the molecule is CC1(CN=C(N)NCCCN2CCOCC2)CCCc2ccccc21.I. The number of aliphatic imine (C=N–C) groups is 1. The van der Waals surface area contributed by atoms with Gasteiger partial charge in [0, 0.05) is 25.0 Å². The van der Waals surface area contributed by atoms with Crippen molar-refractivity contribution in [2.75, 3.05) is 45.9 Å². The molecule has 0 amide bonds. The molecule has 0 spiro atoms. The van der Waals surface area contributed by atoms with Gasteiger partial charge in [0.05, 0.1) is 19.8 Å². The van der Waals surface area contributed by atoms with Crippen molar-refractivity contribution in [1.82, 2.24) is 10.2 Å². The highest BCUT2D eigenvalue weighted by Crippen LogP contribution is 2.37. The lowest BCUT2D eigenvalue weighted by Crippen LogP contribution is -2.39. The summed E-state index contributed by atoms with van der Waals surface area (Å²) < 4.78 is 5.37. The fraction of sp³-hybridized carbons (Fsp3) is 0.650. The minimum absolute atomic E-state index is 0. The molecule has 5 nitrogen and oxygen atoms in total. The molecule has 1 aliphatic carbocycles. The van der Waals surface area contributed by atoms with Crippen molar-refractivity contribution >= 4 is 29.9 Å². The number of hydrogen-bond acceptors (Lipinski definition) is 3. The van der Waals surface area contributed by atoms with Crippen molar-refractivity contribution in [2.45, 2.75) is 38.0 Å². The van der Waals surface area contributed by atoms with Crippen molar-refractivity contribution < 1.29 is 4.74 Å². The predicted molar refractivity (Wildman–Crippen MR) is 119 cm³/mol. The van der Waals surface area contributed by atoms with Gasteiger partial charge in [-0.15, -0.1) is 24.0 Å². The number of halogens is 1. The van der Waals surface area contributed by atoms with Gasteiger partial charge in [-0.3, -0.25) is 9.89 Å². The molecule has 6 heteroatoms. The van der Waals surface area contributed by atoms with E-state index in [1.54, 1.807) is 0 Å². The summed E-state index contributed by atoms with van der Waals surface area (Å²) in [4.78, 5) is 7.10. The highest BCUT2D eigenvalue weighted by Gasteiger charge is 2.31. The van der Waals surface area contributed by atoms with Crippen molar-refractivity contribution in [3.05, 3.63) is 35.4 Å². The van der Waals surface area contributed by atoms with Crippen molar-refractivity contribution in [3.8, 4) is 0 Å². The summed E-state index contributed by atoms with van der Waals surface area (Å²) in [6, 6.07) is 8.79. The number of benzene rings is 1. The maximum absolute atomic E-state index is 6.09. The van der Waals surface area contributed by atoms with Gasteiger partial charge >= 0.3 is 0 Å². The zero-order chi connectivity index (χ0) is 17.5. The second kappa shape index (κ2) is 10.5. The van der Waals surface area contributed by atoms with Crippen LogP contribution in [0.25, 0.3) is 0 Å². The Morgan fingerprint density at radius 2 is 2.08 bits per heavy atom. The van der Waals surface area contributed by atoms with Crippen LogP contribution in [0.1, 0.15) is 37.3 Å². The zero-order valence-corrected chi connectivity index (χ0v) is 18.2. The fourth-order valence-corrected chi connectivity index (χ4v) is 3.95. The molecule has 3 N–H and O–H groups in total. The second-order valence-corrected chi connectivity index (χ2v) is 7.51. The Balaban J connectivity index is 0.00000243. The second-order valence-electron chi connectivity index (χ2n) is 7.51. The van der Waals surface area contributed by atoms with Gasteiger partial charge in [0.2, 0.25) is 0 Å². The first kappa shape index (κ1) is 21.4. The summed E-state index contributed by atoms with van der Waals surface area (Å²) in [5.41, 5.74) is 9.12. The highest BCUT2D eigenvalue weighted by molar-refractivity contribution is 14.0. The molecule has 1 heterocycles. The van der Waals surface area contributed by atoms with E-state index < -0.39 is 0 Å². The molecule has 1 unspecified atom stereocenters. The standard InChI is InChI=1S/C20H32N4O.HI/c1-20(9-4-7-17-6-2-3-8-18(17)20)16-23-19(21)22-10-5-11-24-12-14-25-15-13-24;/h2-3,6,8H,4-5,7,9-16H2,1H3,(H3,21,22,23);1H. The Labute approximate surface area is 174 Å². The lowest BCUT2D eigenvalue weighted by atomic mass is 9.71. The number of nitrogens with two attached hydrogens (primary N) is 1. The molecule has 0 aromatic heterocycles. The maximum atomic E-state index is 6.09. The van der Waals surface area contributed by atoms with Gasteiger partial charge in [-0.05, 0) is 43.4 Å². The molecule has 0 radical (unpaired) electrons. The van der Waals surface area contributed by atoms with Gasteiger partial charge in [-0.1, -0.05) is 31.2 Å². The van der Waals surface area contributed by atoms with Crippen molar-refractivity contribution in [2.24, 2.45) is 10.7 Å². The summed E-state index contributed by atoms with van der Waals surface area (Å²) in [7, 11) is 0. The van der Waals surface area contributed by atoms with Crippen LogP contribution in [0.5, 0.6) is 0 Å². The van der Waals surface area contributed by atoms with Crippen LogP contribution in [-0.2, 0) is 16.6 Å². The van der Waals surface area contributed by atoms with E-state index in [9.17, 15) is 0 Å². The van der Waals surface area contributed by atoms with Crippen molar-refractivity contribution in [3.63, 3.8) is 0 Å². The van der Waals surface area contributed by atoms with Gasteiger partial charge < -0.3 is 15.8 Å². The van der Waals surface area contributed by atoms with E-state index in [1.165, 1.54) is 30.4 Å². The predicted octanol–water partition coefficient (Wildman–Crippen LogP) is 2.53. The lowest BCUT2D eigenvalue weighted by Gasteiger charge is -2.34. The Morgan fingerprint density at radius 1 is 1.31 bits per heavy atom. The topological polar surface area (TPSA) is 62.9 Å². The van der Waals surface area contributed by atoms with Crippen LogP contribution < -0.4 is 11.1 Å². The molecule has 2 aliphatic rings. The summed E-state index contributed by atoms with van der Waals surface area (Å²) in [6.07, 6.45) is 4.68. The first-order valence-electron chi connectivity index (χ1n) is 9.60. The highest BCUT2D eigenvalue weighted by atomic mass is 127. The number of aryl methyl sites for hydroxylation is 1. The third-order valence-corrected chi connectivity index (χ3v) is 5.50. The Morgan fingerprint density at radius 3 is 2.88 bits per heavy atom. The van der Waals surface area contributed by atoms with E-state index >= 15 is 0 Å². The Bertz CT molecular complexity index is 589. The van der Waals surface area contributed by atoms with Crippen LogP contribution in [0.2, 0.25) is 0 Å². The van der Waals surface area contributed by atoms with Crippen LogP contribution >= 0.6 is 24.0 Å². The fourth-order valence-electron chi connectivity index (χ4n) is 3.95. The first-order chi connectivity index (χ1) is 12.2. The summed E-state index contributed by atoms with van der Waals surface area (Å²) >= 11 is 0. The van der Waals surface area contributed by atoms with Crippen LogP contribution in [0.4, 0.5) is 0 Å². The van der Waals surface area contributed by atoms with Crippen molar-refractivity contribution in [1.29, 1.82) is 0 Å². The van der Waals surface area contributed by atoms with Gasteiger partial charge in [0.15, 0.2) is 5.96 Å². The number of nitrogens with zero attached hydrogens (tertiary/aromatic N) is 2. The Hall–Kier alpha value is -0.860. The molecule has 146 valence electrons. The first-order valence-corrected chi connectivity index (χ1v) is 9.60. The third kappa shape index (κ3) is 5.82. The maximum Gasteiger partial charge on any atom is 0.188 e. The van der Waals surface area contributed by atoms with E-state index in [1.807, 2.05) is 0 Å². The molecule has 1 atom stereocenters. The number of rotatable bonds is 6. The Kier molecular flexibility index (Phi) is 8.63. The molecule has 0 saturated carbocycles. The average molecular weight is 472 g/mol. The minimum atomic E-state index is 0. The van der Waals surface area contributed by atoms with E-state index in [0.29, 0.717) is 5.96 Å². The van der Waals surface area contributed by atoms with E-state index in [0.717, 1.165) is 52.4 Å². The van der Waals surface area contributed by atoms with E-state index in [-0.39, 0.29) is 29.4 Å². The molecule has 1 saturated heterocycles. The quantitative estimate of drug-likeness (QED) is 0.289. The summed E-state index contributed by atoms with van der Waals surface area (Å²) in [5.74, 6) is 0.575. The van der Waals surface area contributed by atoms with Gasteiger partial charge in [0.1, 0.15) is 0 Å². The molecular formula is C20H33IN4O. The largest absolute Gasteiger partial charge is 0.379 e. The molecule has 1 aromatic rings. The van der Waals surface area contributed by atoms with Crippen LogP contribution in [0.15, 0.2) is 29.3 Å². The number of fused-ring (bicyclic) bond motifs is 1. The summed E-state index contributed by atoms with van der Waals surface area (Å²) in [6.45, 7) is 8.85. The normalized spacial score (nSPS) is 23.8. The monoisotopic (exact) mass is 472 g/mol. The molecule has 0 bridgehead atoms. The smallest absolute Gasteiger partial charge is 0.188 e. The third-order valence-electron chi connectivity index (χ3n) is 5.50. The number of hydrogen-bond donors (Lipinski definition) is 2. The van der Waals surface area contributed by atoms with Gasteiger partial charge in [-0.2, -0.15) is 0 Å². The summed E-state index contributed by atoms with van der Waals surface area (Å²) in [5, 5.41) is 3.27. The molecule has 1 aromatic carbocycles. The average Bonchev–Trinajstić information content (AvgIpc) is 2.65. The van der Waals surface area contributed by atoms with Gasteiger partial charge in [-0.25, -0.2) is 0 Å². The molecule has 1 aliphatic heterocycles. The molecular weight excluding hydrogens is 439 g/mol. The molecule has 3 rings (SSSR count). The van der Waals surface area contributed by atoms with Crippen LogP contribution in [-0.4, -0.2) is 56.8 Å².